The number of hydrogen-bond donors (Lipinski definition) is 0. The molecule has 0 saturated carbocycles. The molecule has 0 saturated heterocycles. The zero-order valence-corrected chi connectivity index (χ0v) is 19.9. The number of fused-ring (bicyclic) bond motifs is 3. The molecule has 0 aliphatic rings. The van der Waals surface area contributed by atoms with Gasteiger partial charge in [0.1, 0.15) is 0 Å². The third-order valence-corrected chi connectivity index (χ3v) is 6.69. The van der Waals surface area contributed by atoms with Gasteiger partial charge in [-0.25, -0.2) is 4.39 Å². The molecular formula is C29H31FOS. The third-order valence-electron chi connectivity index (χ3n) is 6.39. The number of benzene rings is 3. The van der Waals surface area contributed by atoms with Gasteiger partial charge in [-0.3, -0.25) is 0 Å². The van der Waals surface area contributed by atoms with Crippen LogP contribution in [0.4, 0.5) is 4.39 Å². The Hall–Kier alpha value is -2.52. The lowest BCUT2D eigenvalue weighted by atomic mass is 9.98. The minimum atomic E-state index is -0.303. The molecule has 166 valence electrons. The normalized spacial score (nSPS) is 11.5. The van der Waals surface area contributed by atoms with Gasteiger partial charge in [-0.05, 0) is 65.2 Å². The second-order valence-corrected chi connectivity index (χ2v) is 9.00. The molecule has 0 spiro atoms. The summed E-state index contributed by atoms with van der Waals surface area (Å²) in [6.07, 6.45) is 9.67. The van der Waals surface area contributed by atoms with Crippen molar-refractivity contribution in [3.63, 3.8) is 0 Å². The summed E-state index contributed by atoms with van der Waals surface area (Å²) in [4.78, 5) is 0. The van der Waals surface area contributed by atoms with E-state index in [0.717, 1.165) is 33.7 Å². The maximum absolute atomic E-state index is 14.8. The van der Waals surface area contributed by atoms with Crippen molar-refractivity contribution in [1.82, 2.24) is 0 Å². The fourth-order valence-electron chi connectivity index (χ4n) is 4.43. The van der Waals surface area contributed by atoms with Crippen molar-refractivity contribution in [2.24, 2.45) is 0 Å². The summed E-state index contributed by atoms with van der Waals surface area (Å²) < 4.78 is 20.9. The first-order valence-corrected chi connectivity index (χ1v) is 12.3. The van der Waals surface area contributed by atoms with Crippen molar-refractivity contribution >= 4 is 34.0 Å². The molecule has 3 heteroatoms. The summed E-state index contributed by atoms with van der Waals surface area (Å²) in [6, 6.07) is 18.8. The smallest absolute Gasteiger partial charge is 0.198 e. The van der Waals surface area contributed by atoms with E-state index >= 15 is 0 Å². The Morgan fingerprint density at radius 1 is 0.750 bits per heavy atom. The van der Waals surface area contributed by atoms with E-state index in [1.165, 1.54) is 44.1 Å². The molecule has 4 aromatic rings. The van der Waals surface area contributed by atoms with Crippen LogP contribution in [0.5, 0.6) is 0 Å². The molecule has 1 heterocycles. The molecule has 0 aliphatic carbocycles. The van der Waals surface area contributed by atoms with Gasteiger partial charge in [0.05, 0.1) is 0 Å². The standard InChI is InChI=1S/C29H31FOS/c1-3-5-6-7-8-9-10-20-11-13-22(14-12-20)23-16-17-24-25-18-15-21(4-2)27(30)28(25)31-29(32)26(24)19-23/h11-19H,3-10H2,1-2H3. The Labute approximate surface area is 195 Å². The zero-order valence-electron chi connectivity index (χ0n) is 19.0. The number of rotatable bonds is 9. The van der Waals surface area contributed by atoms with E-state index in [1.807, 2.05) is 25.1 Å². The van der Waals surface area contributed by atoms with Gasteiger partial charge in [0.15, 0.2) is 16.1 Å². The molecule has 4 rings (SSSR count). The minimum absolute atomic E-state index is 0.258. The van der Waals surface area contributed by atoms with Gasteiger partial charge in [0, 0.05) is 10.8 Å². The van der Waals surface area contributed by atoms with E-state index in [2.05, 4.69) is 43.3 Å². The maximum atomic E-state index is 14.8. The molecule has 3 aromatic carbocycles. The van der Waals surface area contributed by atoms with Crippen LogP contribution in [-0.2, 0) is 12.8 Å². The quantitative estimate of drug-likeness (QED) is 0.144. The lowest BCUT2D eigenvalue weighted by molar-refractivity contribution is 0.540. The number of aryl methyl sites for hydroxylation is 2. The van der Waals surface area contributed by atoms with E-state index in [1.54, 1.807) is 0 Å². The molecule has 0 atom stereocenters. The predicted molar refractivity (Wildman–Crippen MR) is 136 cm³/mol. The summed E-state index contributed by atoms with van der Waals surface area (Å²) in [6.45, 7) is 4.19. The second kappa shape index (κ2) is 10.4. The highest BCUT2D eigenvalue weighted by molar-refractivity contribution is 7.71. The van der Waals surface area contributed by atoms with Crippen LogP contribution in [0.2, 0.25) is 0 Å². The highest BCUT2D eigenvalue weighted by Crippen LogP contribution is 2.33. The summed E-state index contributed by atoms with van der Waals surface area (Å²) in [5, 5.41) is 2.55. The van der Waals surface area contributed by atoms with Crippen LogP contribution in [-0.4, -0.2) is 0 Å². The van der Waals surface area contributed by atoms with Crippen molar-refractivity contribution in [3.8, 4) is 11.1 Å². The van der Waals surface area contributed by atoms with Crippen LogP contribution in [0, 0.1) is 10.5 Å². The van der Waals surface area contributed by atoms with Crippen LogP contribution >= 0.6 is 12.2 Å². The first-order valence-electron chi connectivity index (χ1n) is 11.9. The molecule has 32 heavy (non-hydrogen) atoms. The Morgan fingerprint density at radius 2 is 1.44 bits per heavy atom. The molecule has 1 nitrogen and oxygen atoms in total. The summed E-state index contributed by atoms with van der Waals surface area (Å²) in [5.74, 6) is -0.303. The second-order valence-electron chi connectivity index (χ2n) is 8.63. The third kappa shape index (κ3) is 4.78. The Bertz CT molecular complexity index is 1270. The lowest BCUT2D eigenvalue weighted by Gasteiger charge is -2.10. The summed E-state index contributed by atoms with van der Waals surface area (Å²) in [7, 11) is 0. The topological polar surface area (TPSA) is 13.1 Å². The number of unbranched alkanes of at least 4 members (excludes halogenated alkanes) is 5. The van der Waals surface area contributed by atoms with Crippen LogP contribution < -0.4 is 0 Å². The van der Waals surface area contributed by atoms with Crippen LogP contribution in [0.15, 0.2) is 59.0 Å². The monoisotopic (exact) mass is 446 g/mol. The SMILES string of the molecule is CCCCCCCCc1ccc(-c2ccc3c(c2)c(=S)oc2c(F)c(CC)ccc23)cc1. The average Bonchev–Trinajstić information content (AvgIpc) is 2.82. The van der Waals surface area contributed by atoms with Gasteiger partial charge in [0.2, 0.25) is 0 Å². The van der Waals surface area contributed by atoms with E-state index in [9.17, 15) is 4.39 Å². The number of hydrogen-bond acceptors (Lipinski definition) is 2. The van der Waals surface area contributed by atoms with Crippen LogP contribution in [0.3, 0.4) is 0 Å². The van der Waals surface area contributed by atoms with Crippen molar-refractivity contribution in [1.29, 1.82) is 0 Å². The maximum Gasteiger partial charge on any atom is 0.198 e. The highest BCUT2D eigenvalue weighted by atomic mass is 32.1. The fourth-order valence-corrected chi connectivity index (χ4v) is 4.68. The Morgan fingerprint density at radius 3 is 2.19 bits per heavy atom. The van der Waals surface area contributed by atoms with Gasteiger partial charge in [-0.15, -0.1) is 0 Å². The summed E-state index contributed by atoms with van der Waals surface area (Å²) in [5.41, 5.74) is 4.54. The van der Waals surface area contributed by atoms with Gasteiger partial charge in [-0.2, -0.15) is 0 Å². The first-order chi connectivity index (χ1) is 15.6. The highest BCUT2D eigenvalue weighted by Gasteiger charge is 2.13. The molecule has 0 amide bonds. The molecule has 0 fully saturated rings. The first kappa shape index (κ1) is 22.7. The Balaban J connectivity index is 1.57. The molecular weight excluding hydrogens is 415 g/mol. The lowest BCUT2D eigenvalue weighted by Crippen LogP contribution is -1.91. The Kier molecular flexibility index (Phi) is 7.36. The van der Waals surface area contributed by atoms with E-state index in [0.29, 0.717) is 16.7 Å². The van der Waals surface area contributed by atoms with Gasteiger partial charge in [0.25, 0.3) is 0 Å². The molecule has 0 aliphatic heterocycles. The molecule has 0 unspecified atom stereocenters. The van der Waals surface area contributed by atoms with Crippen LogP contribution in [0.25, 0.3) is 32.9 Å². The summed E-state index contributed by atoms with van der Waals surface area (Å²) >= 11 is 5.50. The van der Waals surface area contributed by atoms with Crippen molar-refractivity contribution < 1.29 is 8.81 Å². The van der Waals surface area contributed by atoms with Gasteiger partial charge in [-0.1, -0.05) is 94.5 Å². The molecule has 0 bridgehead atoms. The molecule has 0 N–H and O–H groups in total. The molecule has 0 radical (unpaired) electrons. The van der Waals surface area contributed by atoms with Crippen molar-refractivity contribution in [3.05, 3.63) is 76.2 Å². The van der Waals surface area contributed by atoms with Gasteiger partial charge >= 0.3 is 0 Å². The molecule has 1 aromatic heterocycles. The van der Waals surface area contributed by atoms with Crippen molar-refractivity contribution in [2.75, 3.05) is 0 Å². The minimum Gasteiger partial charge on any atom is -0.441 e. The van der Waals surface area contributed by atoms with E-state index < -0.39 is 0 Å². The average molecular weight is 447 g/mol. The number of halogens is 1. The predicted octanol–water partition coefficient (Wildman–Crippen LogP) is 9.59. The largest absolute Gasteiger partial charge is 0.441 e. The van der Waals surface area contributed by atoms with E-state index in [-0.39, 0.29) is 11.4 Å². The fraction of sp³-hybridized carbons (Fsp3) is 0.345. The van der Waals surface area contributed by atoms with Crippen molar-refractivity contribution in [2.45, 2.75) is 65.2 Å². The zero-order chi connectivity index (χ0) is 22.5. The van der Waals surface area contributed by atoms with E-state index in [4.69, 9.17) is 16.6 Å². The van der Waals surface area contributed by atoms with Crippen LogP contribution in [0.1, 0.15) is 63.5 Å². The van der Waals surface area contributed by atoms with Gasteiger partial charge < -0.3 is 4.42 Å².